The number of para-hydroxylation sites is 1. The molecule has 6 heteroatoms. The summed E-state index contributed by atoms with van der Waals surface area (Å²) in [5.74, 6) is -0.0644. The van der Waals surface area contributed by atoms with Gasteiger partial charge in [-0.25, -0.2) is 0 Å². The van der Waals surface area contributed by atoms with Crippen LogP contribution < -0.4 is 15.8 Å². The molecule has 0 saturated carbocycles. The molecule has 0 aliphatic rings. The molecule has 0 spiro atoms. The summed E-state index contributed by atoms with van der Waals surface area (Å²) in [6.45, 7) is 1.91. The van der Waals surface area contributed by atoms with Crippen LogP contribution in [-0.2, 0) is 0 Å². The minimum atomic E-state index is -0.754. The van der Waals surface area contributed by atoms with E-state index in [9.17, 15) is 9.59 Å². The van der Waals surface area contributed by atoms with Crippen molar-refractivity contribution in [2.45, 2.75) is 6.92 Å². The number of rotatable bonds is 5. The third-order valence-corrected chi connectivity index (χ3v) is 4.38. The zero-order chi connectivity index (χ0) is 20.4. The number of aryl methyl sites for hydroxylation is 1. The van der Waals surface area contributed by atoms with Gasteiger partial charge < -0.3 is 20.2 Å². The van der Waals surface area contributed by atoms with Crippen molar-refractivity contribution in [1.82, 2.24) is 0 Å². The third-order valence-electron chi connectivity index (χ3n) is 4.38. The van der Waals surface area contributed by atoms with E-state index in [2.05, 4.69) is 5.32 Å². The number of carbonyl (C=O) groups is 2. The number of hydrogen-bond donors (Lipinski definition) is 2. The molecule has 0 aliphatic carbocycles. The first kappa shape index (κ1) is 18.3. The van der Waals surface area contributed by atoms with E-state index in [1.54, 1.807) is 30.3 Å². The Morgan fingerprint density at radius 3 is 2.45 bits per heavy atom. The predicted molar refractivity (Wildman–Crippen MR) is 110 cm³/mol. The van der Waals surface area contributed by atoms with Crippen molar-refractivity contribution in [3.05, 3.63) is 89.7 Å². The summed E-state index contributed by atoms with van der Waals surface area (Å²) in [5, 5.41) is 3.38. The number of benzene rings is 3. The largest absolute Gasteiger partial charge is 0.457 e. The highest BCUT2D eigenvalue weighted by atomic mass is 16.5. The summed E-state index contributed by atoms with van der Waals surface area (Å²) in [4.78, 5) is 24.7. The Labute approximate surface area is 166 Å². The Morgan fingerprint density at radius 2 is 1.69 bits per heavy atom. The van der Waals surface area contributed by atoms with E-state index in [0.717, 1.165) is 5.56 Å². The Morgan fingerprint density at radius 1 is 0.931 bits per heavy atom. The Kier molecular flexibility index (Phi) is 4.75. The van der Waals surface area contributed by atoms with Gasteiger partial charge in [0, 0.05) is 10.9 Å². The Balaban J connectivity index is 1.65. The molecule has 0 bridgehead atoms. The maximum absolute atomic E-state index is 12.9. The highest BCUT2D eigenvalue weighted by Crippen LogP contribution is 2.32. The maximum Gasteiger partial charge on any atom is 0.286 e. The fourth-order valence-electron chi connectivity index (χ4n) is 3.02. The Bertz CT molecular complexity index is 1210. The van der Waals surface area contributed by atoms with Crippen LogP contribution in [0.15, 0.2) is 77.2 Å². The van der Waals surface area contributed by atoms with Crippen LogP contribution in [0.25, 0.3) is 11.0 Å². The molecule has 1 aromatic heterocycles. The van der Waals surface area contributed by atoms with E-state index >= 15 is 0 Å². The quantitative estimate of drug-likeness (QED) is 0.511. The molecule has 0 fully saturated rings. The normalized spacial score (nSPS) is 10.7. The molecule has 3 N–H and O–H groups in total. The van der Waals surface area contributed by atoms with Crippen molar-refractivity contribution < 1.29 is 18.7 Å². The number of nitrogens with two attached hydrogens (primary N) is 1. The van der Waals surface area contributed by atoms with Crippen LogP contribution in [0.4, 0.5) is 5.69 Å². The summed E-state index contributed by atoms with van der Waals surface area (Å²) in [7, 11) is 0. The van der Waals surface area contributed by atoms with Crippen LogP contribution in [0, 0.1) is 6.92 Å². The van der Waals surface area contributed by atoms with Gasteiger partial charge in [-0.15, -0.1) is 0 Å². The van der Waals surface area contributed by atoms with Crippen molar-refractivity contribution in [2.75, 3.05) is 5.32 Å². The lowest BCUT2D eigenvalue weighted by molar-refractivity contribution is 0.0977. The number of nitrogens with one attached hydrogen (secondary N) is 1. The molecule has 0 unspecified atom stereocenters. The molecule has 1 heterocycles. The first-order chi connectivity index (χ1) is 14.0. The number of ether oxygens (including phenoxy) is 1. The predicted octanol–water partition coefficient (Wildman–Crippen LogP) is 4.88. The number of fused-ring (bicyclic) bond motifs is 1. The second-order valence-corrected chi connectivity index (χ2v) is 6.57. The second kappa shape index (κ2) is 7.52. The van der Waals surface area contributed by atoms with Crippen molar-refractivity contribution in [1.29, 1.82) is 0 Å². The minimum Gasteiger partial charge on any atom is -0.457 e. The fourth-order valence-corrected chi connectivity index (χ4v) is 3.02. The standard InChI is InChI=1S/C23H18N2O4/c1-14-10-11-19-18(12-14)20(21(29-19)22(24)26)25-23(27)15-6-5-9-17(13-15)28-16-7-3-2-4-8-16/h2-13H,1H3,(H2,24,26)(H,25,27). The van der Waals surface area contributed by atoms with E-state index < -0.39 is 11.8 Å². The molecular formula is C23H18N2O4. The van der Waals surface area contributed by atoms with Gasteiger partial charge in [0.1, 0.15) is 22.8 Å². The highest BCUT2D eigenvalue weighted by Gasteiger charge is 2.21. The average Bonchev–Trinajstić information content (AvgIpc) is 3.07. The second-order valence-electron chi connectivity index (χ2n) is 6.57. The molecule has 3 aromatic carbocycles. The van der Waals surface area contributed by atoms with Gasteiger partial charge in [0.25, 0.3) is 11.8 Å². The van der Waals surface area contributed by atoms with Crippen molar-refractivity contribution in [3.63, 3.8) is 0 Å². The molecule has 0 radical (unpaired) electrons. The number of furan rings is 1. The van der Waals surface area contributed by atoms with Gasteiger partial charge in [-0.2, -0.15) is 0 Å². The van der Waals surface area contributed by atoms with Crippen molar-refractivity contribution in [3.8, 4) is 11.5 Å². The first-order valence-corrected chi connectivity index (χ1v) is 8.98. The van der Waals surface area contributed by atoms with Gasteiger partial charge in [-0.05, 0) is 49.4 Å². The van der Waals surface area contributed by atoms with Gasteiger partial charge in [0.05, 0.1) is 0 Å². The molecule has 144 valence electrons. The van der Waals surface area contributed by atoms with Crippen LogP contribution in [0.2, 0.25) is 0 Å². The molecule has 0 atom stereocenters. The minimum absolute atomic E-state index is 0.0874. The van der Waals surface area contributed by atoms with Crippen LogP contribution in [0.5, 0.6) is 11.5 Å². The number of primary amides is 1. The van der Waals surface area contributed by atoms with E-state index in [0.29, 0.717) is 28.0 Å². The number of amides is 2. The number of hydrogen-bond acceptors (Lipinski definition) is 4. The van der Waals surface area contributed by atoms with E-state index in [-0.39, 0.29) is 11.4 Å². The first-order valence-electron chi connectivity index (χ1n) is 8.98. The monoisotopic (exact) mass is 386 g/mol. The van der Waals surface area contributed by atoms with Crippen LogP contribution in [0.1, 0.15) is 26.5 Å². The summed E-state index contributed by atoms with van der Waals surface area (Å²) in [6.07, 6.45) is 0. The summed E-state index contributed by atoms with van der Waals surface area (Å²) < 4.78 is 11.3. The van der Waals surface area contributed by atoms with Gasteiger partial charge in [0.2, 0.25) is 5.76 Å². The smallest absolute Gasteiger partial charge is 0.286 e. The highest BCUT2D eigenvalue weighted by molar-refractivity contribution is 6.14. The number of carbonyl (C=O) groups excluding carboxylic acids is 2. The average molecular weight is 386 g/mol. The van der Waals surface area contributed by atoms with Gasteiger partial charge in [-0.3, -0.25) is 9.59 Å². The van der Waals surface area contributed by atoms with Crippen molar-refractivity contribution >= 4 is 28.5 Å². The van der Waals surface area contributed by atoms with Crippen LogP contribution in [0.3, 0.4) is 0 Å². The molecule has 29 heavy (non-hydrogen) atoms. The van der Waals surface area contributed by atoms with Gasteiger partial charge in [-0.1, -0.05) is 35.9 Å². The van der Waals surface area contributed by atoms with Crippen molar-refractivity contribution in [2.24, 2.45) is 5.73 Å². The lowest BCUT2D eigenvalue weighted by Crippen LogP contribution is -2.17. The van der Waals surface area contributed by atoms with Crippen LogP contribution >= 0.6 is 0 Å². The molecule has 4 rings (SSSR count). The zero-order valence-electron chi connectivity index (χ0n) is 15.6. The van der Waals surface area contributed by atoms with E-state index in [1.165, 1.54) is 0 Å². The third kappa shape index (κ3) is 3.82. The molecular weight excluding hydrogens is 368 g/mol. The maximum atomic E-state index is 12.9. The topological polar surface area (TPSA) is 94.6 Å². The molecule has 0 aliphatic heterocycles. The SMILES string of the molecule is Cc1ccc2oc(C(N)=O)c(NC(=O)c3cccc(Oc4ccccc4)c3)c2c1. The lowest BCUT2D eigenvalue weighted by atomic mass is 10.1. The Hall–Kier alpha value is -4.06. The molecule has 2 amide bonds. The summed E-state index contributed by atoms with van der Waals surface area (Å²) >= 11 is 0. The molecule has 6 nitrogen and oxygen atoms in total. The lowest BCUT2D eigenvalue weighted by Gasteiger charge is -2.08. The molecule has 4 aromatic rings. The number of anilines is 1. The summed E-state index contributed by atoms with van der Waals surface area (Å²) in [6, 6.07) is 21.5. The van der Waals surface area contributed by atoms with E-state index in [1.807, 2.05) is 49.4 Å². The fraction of sp³-hybridized carbons (Fsp3) is 0.0435. The zero-order valence-corrected chi connectivity index (χ0v) is 15.6. The van der Waals surface area contributed by atoms with E-state index in [4.69, 9.17) is 14.9 Å². The van der Waals surface area contributed by atoms with Crippen LogP contribution in [-0.4, -0.2) is 11.8 Å². The summed E-state index contributed by atoms with van der Waals surface area (Å²) in [5.41, 5.74) is 7.50. The molecule has 0 saturated heterocycles. The van der Waals surface area contributed by atoms with Gasteiger partial charge >= 0.3 is 0 Å². The van der Waals surface area contributed by atoms with Gasteiger partial charge in [0.15, 0.2) is 0 Å².